The third-order valence-electron chi connectivity index (χ3n) is 3.25. The first-order valence-corrected chi connectivity index (χ1v) is 6.02. The van der Waals surface area contributed by atoms with Crippen molar-refractivity contribution in [1.29, 1.82) is 0 Å². The molecule has 0 radical (unpaired) electrons. The van der Waals surface area contributed by atoms with Gasteiger partial charge >= 0.3 is 0 Å². The maximum atomic E-state index is 12.1. The lowest BCUT2D eigenvalue weighted by molar-refractivity contribution is -0.153. The normalized spacial score (nSPS) is 28.2. The number of rotatable bonds is 3. The number of carbonyl (C=O) groups excluding carboxylic acids is 2. The minimum absolute atomic E-state index is 0.0256. The van der Waals surface area contributed by atoms with Crippen LogP contribution in [0.5, 0.6) is 0 Å². The van der Waals surface area contributed by atoms with Gasteiger partial charge in [-0.05, 0) is 26.2 Å². The first-order chi connectivity index (χ1) is 7.40. The Bertz CT molecular complexity index is 289. The van der Waals surface area contributed by atoms with Crippen molar-refractivity contribution in [3.05, 3.63) is 0 Å². The Morgan fingerprint density at radius 1 is 1.31 bits per heavy atom. The molecule has 0 aromatic carbocycles. The van der Waals surface area contributed by atoms with Crippen LogP contribution in [0.4, 0.5) is 0 Å². The molecule has 1 N–H and O–H groups in total. The quantitative estimate of drug-likeness (QED) is 0.785. The van der Waals surface area contributed by atoms with Crippen LogP contribution in [0.2, 0.25) is 0 Å². The predicted molar refractivity (Wildman–Crippen MR) is 62.8 cm³/mol. The van der Waals surface area contributed by atoms with Gasteiger partial charge in [-0.3, -0.25) is 9.59 Å². The highest BCUT2D eigenvalue weighted by Crippen LogP contribution is 2.21. The van der Waals surface area contributed by atoms with Crippen LogP contribution in [-0.4, -0.2) is 34.8 Å². The number of hydrogen-bond acceptors (Lipinski definition) is 2. The van der Waals surface area contributed by atoms with Crippen molar-refractivity contribution in [3.8, 4) is 0 Å². The summed E-state index contributed by atoms with van der Waals surface area (Å²) in [6.45, 7) is 9.73. The molecule has 16 heavy (non-hydrogen) atoms. The van der Waals surface area contributed by atoms with Crippen LogP contribution in [0.3, 0.4) is 0 Å². The average molecular weight is 226 g/mol. The Labute approximate surface area is 97.4 Å². The van der Waals surface area contributed by atoms with Gasteiger partial charge in [0.25, 0.3) is 0 Å². The molecule has 1 fully saturated rings. The zero-order chi connectivity index (χ0) is 12.5. The third kappa shape index (κ3) is 2.20. The topological polar surface area (TPSA) is 49.4 Å². The molecule has 92 valence electrons. The van der Waals surface area contributed by atoms with E-state index in [1.54, 1.807) is 11.8 Å². The maximum Gasteiger partial charge on any atom is 0.245 e. The molecule has 3 unspecified atom stereocenters. The van der Waals surface area contributed by atoms with Crippen LogP contribution in [0.1, 0.15) is 41.0 Å². The Hall–Kier alpha value is -1.06. The summed E-state index contributed by atoms with van der Waals surface area (Å²) >= 11 is 0. The molecule has 4 nitrogen and oxygen atoms in total. The standard InChI is InChI=1S/C12H22N2O2/c1-6-8(4)14-10(7(2)3)11(15)13-9(5)12(14)16/h7-10H,6H2,1-5H3,(H,13,15). The van der Waals surface area contributed by atoms with Gasteiger partial charge in [-0.15, -0.1) is 0 Å². The highest BCUT2D eigenvalue weighted by atomic mass is 16.2. The van der Waals surface area contributed by atoms with E-state index in [0.717, 1.165) is 6.42 Å². The minimum Gasteiger partial charge on any atom is -0.343 e. The van der Waals surface area contributed by atoms with Crippen molar-refractivity contribution in [2.45, 2.75) is 59.2 Å². The molecule has 3 atom stereocenters. The highest BCUT2D eigenvalue weighted by molar-refractivity contribution is 5.97. The number of hydrogen-bond donors (Lipinski definition) is 1. The summed E-state index contributed by atoms with van der Waals surface area (Å²) in [6, 6.07) is -0.594. The Morgan fingerprint density at radius 2 is 1.88 bits per heavy atom. The van der Waals surface area contributed by atoms with E-state index >= 15 is 0 Å². The van der Waals surface area contributed by atoms with E-state index < -0.39 is 6.04 Å². The summed E-state index contributed by atoms with van der Waals surface area (Å²) in [7, 11) is 0. The Morgan fingerprint density at radius 3 is 2.31 bits per heavy atom. The van der Waals surface area contributed by atoms with E-state index in [9.17, 15) is 9.59 Å². The summed E-state index contributed by atoms with van der Waals surface area (Å²) in [5.41, 5.74) is 0. The average Bonchev–Trinajstić information content (AvgIpc) is 2.21. The lowest BCUT2D eigenvalue weighted by Gasteiger charge is -2.43. The molecule has 1 aliphatic heterocycles. The van der Waals surface area contributed by atoms with Crippen LogP contribution in [-0.2, 0) is 9.59 Å². The second kappa shape index (κ2) is 4.85. The molecule has 0 spiro atoms. The molecule has 0 saturated carbocycles. The van der Waals surface area contributed by atoms with E-state index in [1.165, 1.54) is 0 Å². The second-order valence-electron chi connectivity index (χ2n) is 4.92. The largest absolute Gasteiger partial charge is 0.343 e. The monoisotopic (exact) mass is 226 g/mol. The molecular weight excluding hydrogens is 204 g/mol. The summed E-state index contributed by atoms with van der Waals surface area (Å²) in [5.74, 6) is 0.153. The van der Waals surface area contributed by atoms with Crippen LogP contribution in [0.15, 0.2) is 0 Å². The lowest BCUT2D eigenvalue weighted by atomic mass is 9.95. The Balaban J connectivity index is 3.02. The zero-order valence-corrected chi connectivity index (χ0v) is 10.8. The molecule has 1 heterocycles. The number of amides is 2. The molecule has 1 saturated heterocycles. The van der Waals surface area contributed by atoms with Crippen LogP contribution < -0.4 is 5.32 Å². The van der Waals surface area contributed by atoms with Crippen LogP contribution in [0, 0.1) is 5.92 Å². The van der Waals surface area contributed by atoms with E-state index in [2.05, 4.69) is 5.32 Å². The zero-order valence-electron chi connectivity index (χ0n) is 10.8. The number of nitrogens with zero attached hydrogens (tertiary/aromatic N) is 1. The maximum absolute atomic E-state index is 12.1. The van der Waals surface area contributed by atoms with Crippen molar-refractivity contribution in [1.82, 2.24) is 10.2 Å². The van der Waals surface area contributed by atoms with Gasteiger partial charge in [0.05, 0.1) is 0 Å². The minimum atomic E-state index is -0.392. The van der Waals surface area contributed by atoms with Crippen molar-refractivity contribution in [2.75, 3.05) is 0 Å². The molecule has 1 rings (SSSR count). The van der Waals surface area contributed by atoms with Gasteiger partial charge in [0.2, 0.25) is 11.8 Å². The van der Waals surface area contributed by atoms with E-state index in [1.807, 2.05) is 27.7 Å². The van der Waals surface area contributed by atoms with Gasteiger partial charge in [-0.2, -0.15) is 0 Å². The lowest BCUT2D eigenvalue weighted by Crippen LogP contribution is -2.65. The second-order valence-corrected chi connectivity index (χ2v) is 4.92. The molecule has 4 heteroatoms. The molecule has 2 amide bonds. The smallest absolute Gasteiger partial charge is 0.245 e. The summed E-state index contributed by atoms with van der Waals surface area (Å²) < 4.78 is 0. The van der Waals surface area contributed by atoms with Gasteiger partial charge in [-0.25, -0.2) is 0 Å². The molecule has 1 aliphatic rings. The predicted octanol–water partition coefficient (Wildman–Crippen LogP) is 1.16. The number of carbonyl (C=O) groups is 2. The molecule has 0 aromatic heterocycles. The fourth-order valence-corrected chi connectivity index (χ4v) is 2.16. The van der Waals surface area contributed by atoms with Crippen LogP contribution >= 0.6 is 0 Å². The van der Waals surface area contributed by atoms with Crippen LogP contribution in [0.25, 0.3) is 0 Å². The van der Waals surface area contributed by atoms with Crippen molar-refractivity contribution < 1.29 is 9.59 Å². The first kappa shape index (κ1) is 13.0. The third-order valence-corrected chi connectivity index (χ3v) is 3.25. The van der Waals surface area contributed by atoms with Crippen molar-refractivity contribution in [3.63, 3.8) is 0 Å². The molecule has 0 aromatic rings. The highest BCUT2D eigenvalue weighted by Gasteiger charge is 2.41. The van der Waals surface area contributed by atoms with E-state index in [4.69, 9.17) is 0 Å². The fraction of sp³-hybridized carbons (Fsp3) is 0.833. The van der Waals surface area contributed by atoms with Gasteiger partial charge in [0.15, 0.2) is 0 Å². The van der Waals surface area contributed by atoms with E-state index in [-0.39, 0.29) is 29.8 Å². The van der Waals surface area contributed by atoms with Crippen molar-refractivity contribution >= 4 is 11.8 Å². The molecule has 0 bridgehead atoms. The summed E-state index contributed by atoms with van der Waals surface area (Å²) in [6.07, 6.45) is 0.870. The van der Waals surface area contributed by atoms with Crippen molar-refractivity contribution in [2.24, 2.45) is 5.92 Å². The summed E-state index contributed by atoms with van der Waals surface area (Å²) in [5, 5.41) is 2.74. The van der Waals surface area contributed by atoms with Gasteiger partial charge < -0.3 is 10.2 Å². The first-order valence-electron chi connectivity index (χ1n) is 6.02. The van der Waals surface area contributed by atoms with Gasteiger partial charge in [0, 0.05) is 6.04 Å². The molecule has 0 aliphatic carbocycles. The summed E-state index contributed by atoms with van der Waals surface area (Å²) in [4.78, 5) is 25.8. The molecular formula is C12H22N2O2. The SMILES string of the molecule is CCC(C)N1C(=O)C(C)NC(=O)C1C(C)C. The van der Waals surface area contributed by atoms with Gasteiger partial charge in [0.1, 0.15) is 12.1 Å². The van der Waals surface area contributed by atoms with Gasteiger partial charge in [-0.1, -0.05) is 20.8 Å². The Kier molecular flexibility index (Phi) is 3.94. The number of nitrogens with one attached hydrogen (secondary N) is 1. The van der Waals surface area contributed by atoms with E-state index in [0.29, 0.717) is 0 Å². The number of piperazine rings is 1. The fourth-order valence-electron chi connectivity index (χ4n) is 2.16.